The Kier molecular flexibility index (Phi) is 2.81. The van der Waals surface area contributed by atoms with E-state index in [9.17, 15) is 0 Å². The lowest BCUT2D eigenvalue weighted by molar-refractivity contribution is 0.603. The number of hydrogen-bond donors (Lipinski definition) is 1. The molecule has 2 heteroatoms. The average Bonchev–Trinajstić information content (AvgIpc) is 2.72. The van der Waals surface area contributed by atoms with E-state index in [1.165, 1.54) is 18.4 Å². The van der Waals surface area contributed by atoms with Gasteiger partial charge in [-0.3, -0.25) is 0 Å². The molecule has 1 heterocycles. The Morgan fingerprint density at radius 3 is 2.71 bits per heavy atom. The lowest BCUT2D eigenvalue weighted by atomic mass is 10.0. The molecule has 0 radical (unpaired) electrons. The molecule has 1 aromatic carbocycles. The summed E-state index contributed by atoms with van der Waals surface area (Å²) in [7, 11) is 0. The summed E-state index contributed by atoms with van der Waals surface area (Å²) in [5, 5.41) is 12.1. The third kappa shape index (κ3) is 2.12. The topological polar surface area (TPSA) is 35.8 Å². The van der Waals surface area contributed by atoms with Crippen LogP contribution in [-0.2, 0) is 6.42 Å². The molecule has 1 saturated heterocycles. The second-order valence-electron chi connectivity index (χ2n) is 3.81. The number of hydrogen-bond acceptors (Lipinski definition) is 2. The van der Waals surface area contributed by atoms with Crippen LogP contribution in [0.2, 0.25) is 0 Å². The fourth-order valence-electron chi connectivity index (χ4n) is 1.93. The van der Waals surface area contributed by atoms with Gasteiger partial charge in [-0.05, 0) is 43.5 Å². The number of rotatable bonds is 2. The largest absolute Gasteiger partial charge is 0.314 e. The van der Waals surface area contributed by atoms with E-state index in [4.69, 9.17) is 5.26 Å². The van der Waals surface area contributed by atoms with Gasteiger partial charge >= 0.3 is 0 Å². The summed E-state index contributed by atoms with van der Waals surface area (Å²) in [6, 6.07) is 10.7. The molecule has 0 aromatic heterocycles. The minimum Gasteiger partial charge on any atom is -0.314 e. The van der Waals surface area contributed by atoms with E-state index in [2.05, 4.69) is 23.5 Å². The number of nitrogens with zero attached hydrogens (tertiary/aromatic N) is 1. The van der Waals surface area contributed by atoms with Crippen molar-refractivity contribution in [3.8, 4) is 6.07 Å². The highest BCUT2D eigenvalue weighted by atomic mass is 14.9. The van der Waals surface area contributed by atoms with Gasteiger partial charge in [0.15, 0.2) is 0 Å². The highest BCUT2D eigenvalue weighted by molar-refractivity contribution is 5.31. The van der Waals surface area contributed by atoms with Crippen LogP contribution >= 0.6 is 0 Å². The quantitative estimate of drug-likeness (QED) is 0.765. The molecule has 1 atom stereocenters. The first-order chi connectivity index (χ1) is 6.88. The third-order valence-electron chi connectivity index (χ3n) is 2.73. The molecule has 0 amide bonds. The molecule has 1 aliphatic rings. The van der Waals surface area contributed by atoms with Gasteiger partial charge in [0.25, 0.3) is 0 Å². The van der Waals surface area contributed by atoms with Crippen LogP contribution in [0.25, 0.3) is 0 Å². The molecule has 14 heavy (non-hydrogen) atoms. The normalized spacial score (nSPS) is 20.6. The Bertz CT molecular complexity index is 328. The number of nitrogens with one attached hydrogen (secondary N) is 1. The maximum Gasteiger partial charge on any atom is 0.0991 e. The number of nitriles is 1. The van der Waals surface area contributed by atoms with Gasteiger partial charge in [-0.1, -0.05) is 12.1 Å². The predicted octanol–water partition coefficient (Wildman–Crippen LogP) is 1.85. The van der Waals surface area contributed by atoms with E-state index in [1.807, 2.05) is 12.1 Å². The Labute approximate surface area is 84.6 Å². The van der Waals surface area contributed by atoms with Gasteiger partial charge < -0.3 is 5.32 Å². The standard InChI is InChI=1S/C12H14N2/c13-9-11-5-3-10(4-6-11)8-12-2-1-7-14-12/h3-6,12,14H,1-2,7-8H2. The van der Waals surface area contributed by atoms with Gasteiger partial charge in [-0.15, -0.1) is 0 Å². The summed E-state index contributed by atoms with van der Waals surface area (Å²) in [4.78, 5) is 0. The molecule has 1 fully saturated rings. The van der Waals surface area contributed by atoms with Crippen LogP contribution < -0.4 is 5.32 Å². The minimum absolute atomic E-state index is 0.642. The molecule has 2 rings (SSSR count). The van der Waals surface area contributed by atoms with Crippen LogP contribution in [0, 0.1) is 11.3 Å². The van der Waals surface area contributed by atoms with Crippen molar-refractivity contribution in [3.05, 3.63) is 35.4 Å². The first-order valence-electron chi connectivity index (χ1n) is 5.11. The van der Waals surface area contributed by atoms with Gasteiger partial charge in [-0.25, -0.2) is 0 Å². The molecule has 1 unspecified atom stereocenters. The molecule has 0 saturated carbocycles. The Morgan fingerprint density at radius 2 is 2.14 bits per heavy atom. The second-order valence-corrected chi connectivity index (χ2v) is 3.81. The van der Waals surface area contributed by atoms with E-state index < -0.39 is 0 Å². The van der Waals surface area contributed by atoms with Crippen LogP contribution in [-0.4, -0.2) is 12.6 Å². The molecule has 1 N–H and O–H groups in total. The highest BCUT2D eigenvalue weighted by Crippen LogP contribution is 2.12. The van der Waals surface area contributed by atoms with Gasteiger partial charge in [0, 0.05) is 6.04 Å². The molecule has 1 aliphatic heterocycles. The maximum absolute atomic E-state index is 8.65. The SMILES string of the molecule is N#Cc1ccc(CC2CCCN2)cc1. The zero-order chi connectivity index (χ0) is 9.80. The average molecular weight is 186 g/mol. The van der Waals surface area contributed by atoms with Crippen molar-refractivity contribution in [2.75, 3.05) is 6.54 Å². The Hall–Kier alpha value is -1.33. The van der Waals surface area contributed by atoms with E-state index >= 15 is 0 Å². The second kappa shape index (κ2) is 4.26. The first kappa shape index (κ1) is 9.23. The molecule has 1 aromatic rings. The zero-order valence-electron chi connectivity index (χ0n) is 8.16. The van der Waals surface area contributed by atoms with Crippen LogP contribution in [0.1, 0.15) is 24.0 Å². The van der Waals surface area contributed by atoms with Crippen molar-refractivity contribution >= 4 is 0 Å². The highest BCUT2D eigenvalue weighted by Gasteiger charge is 2.13. The van der Waals surface area contributed by atoms with E-state index in [-0.39, 0.29) is 0 Å². The van der Waals surface area contributed by atoms with Gasteiger partial charge in [0.05, 0.1) is 11.6 Å². The van der Waals surface area contributed by atoms with Crippen LogP contribution in [0.3, 0.4) is 0 Å². The molecule has 72 valence electrons. The lowest BCUT2D eigenvalue weighted by Gasteiger charge is -2.09. The maximum atomic E-state index is 8.65. The van der Waals surface area contributed by atoms with Gasteiger partial charge in [0.2, 0.25) is 0 Å². The predicted molar refractivity (Wildman–Crippen MR) is 55.9 cm³/mol. The van der Waals surface area contributed by atoms with Crippen molar-refractivity contribution in [3.63, 3.8) is 0 Å². The van der Waals surface area contributed by atoms with Crippen molar-refractivity contribution in [2.45, 2.75) is 25.3 Å². The molecule has 0 spiro atoms. The summed E-state index contributed by atoms with van der Waals surface area (Å²) in [5.74, 6) is 0. The molecule has 2 nitrogen and oxygen atoms in total. The Morgan fingerprint density at radius 1 is 1.36 bits per heavy atom. The van der Waals surface area contributed by atoms with E-state index in [0.717, 1.165) is 18.5 Å². The van der Waals surface area contributed by atoms with Gasteiger partial charge in [0.1, 0.15) is 0 Å². The molecular formula is C12H14N2. The summed E-state index contributed by atoms with van der Waals surface area (Å²) < 4.78 is 0. The summed E-state index contributed by atoms with van der Waals surface area (Å²) >= 11 is 0. The van der Waals surface area contributed by atoms with Gasteiger partial charge in [-0.2, -0.15) is 5.26 Å². The smallest absolute Gasteiger partial charge is 0.0991 e. The van der Waals surface area contributed by atoms with Crippen molar-refractivity contribution in [2.24, 2.45) is 0 Å². The lowest BCUT2D eigenvalue weighted by Crippen LogP contribution is -2.23. The first-order valence-corrected chi connectivity index (χ1v) is 5.11. The van der Waals surface area contributed by atoms with Crippen LogP contribution in [0.5, 0.6) is 0 Å². The van der Waals surface area contributed by atoms with Crippen LogP contribution in [0.4, 0.5) is 0 Å². The number of benzene rings is 1. The monoisotopic (exact) mass is 186 g/mol. The molecule has 0 bridgehead atoms. The summed E-state index contributed by atoms with van der Waals surface area (Å²) in [6.07, 6.45) is 3.66. The van der Waals surface area contributed by atoms with E-state index in [0.29, 0.717) is 6.04 Å². The molecule has 0 aliphatic carbocycles. The summed E-state index contributed by atoms with van der Waals surface area (Å²) in [5.41, 5.74) is 2.07. The van der Waals surface area contributed by atoms with Crippen molar-refractivity contribution in [1.29, 1.82) is 5.26 Å². The van der Waals surface area contributed by atoms with Crippen molar-refractivity contribution in [1.82, 2.24) is 5.32 Å². The zero-order valence-corrected chi connectivity index (χ0v) is 8.16. The molecular weight excluding hydrogens is 172 g/mol. The summed E-state index contributed by atoms with van der Waals surface area (Å²) in [6.45, 7) is 1.15. The Balaban J connectivity index is 1.99. The third-order valence-corrected chi connectivity index (χ3v) is 2.73. The fraction of sp³-hybridized carbons (Fsp3) is 0.417. The van der Waals surface area contributed by atoms with Crippen LogP contribution in [0.15, 0.2) is 24.3 Å². The van der Waals surface area contributed by atoms with E-state index in [1.54, 1.807) is 0 Å². The minimum atomic E-state index is 0.642. The van der Waals surface area contributed by atoms with Crippen molar-refractivity contribution < 1.29 is 0 Å². The fourth-order valence-corrected chi connectivity index (χ4v) is 1.93.